The van der Waals surface area contributed by atoms with Gasteiger partial charge in [0.05, 0.1) is 25.5 Å². The van der Waals surface area contributed by atoms with Crippen molar-refractivity contribution in [2.24, 2.45) is 5.10 Å². The molecule has 0 unspecified atom stereocenters. The molecule has 4 rings (SSSR count). The molecule has 0 radical (unpaired) electrons. The molecule has 2 amide bonds. The third-order valence-corrected chi connectivity index (χ3v) is 7.84. The number of anilines is 1. The Labute approximate surface area is 245 Å². The number of hydrogen-bond acceptors (Lipinski definition) is 8. The molecule has 1 aromatic heterocycles. The molecule has 0 bridgehead atoms. The molecule has 0 aliphatic heterocycles. The highest BCUT2D eigenvalue weighted by molar-refractivity contribution is 7.17. The first-order valence-corrected chi connectivity index (χ1v) is 14.1. The Kier molecular flexibility index (Phi) is 10.0. The highest BCUT2D eigenvalue weighted by atomic mass is 35.5. The Morgan fingerprint density at radius 2 is 1.85 bits per heavy atom. The lowest BCUT2D eigenvalue weighted by atomic mass is 9.95. The summed E-state index contributed by atoms with van der Waals surface area (Å²) >= 11 is 13.4. The van der Waals surface area contributed by atoms with Crippen molar-refractivity contribution < 1.29 is 28.6 Å². The molecular weight excluding hydrogens is 577 g/mol. The zero-order valence-corrected chi connectivity index (χ0v) is 24.2. The van der Waals surface area contributed by atoms with Crippen LogP contribution >= 0.6 is 34.5 Å². The SMILES string of the molecule is CCOC(=O)c1c(NC(=O)C(=O)N/N=C/c2ccc(OCc3ccc(Cl)cc3Cl)c(OC)c2)sc2c1CCCC2. The summed E-state index contributed by atoms with van der Waals surface area (Å²) in [4.78, 5) is 38.6. The molecule has 2 N–H and O–H groups in total. The van der Waals surface area contributed by atoms with E-state index in [-0.39, 0.29) is 13.2 Å². The summed E-state index contributed by atoms with van der Waals surface area (Å²) in [5.74, 6) is -1.52. The maximum absolute atomic E-state index is 12.6. The number of nitrogens with zero attached hydrogens (tertiary/aromatic N) is 1. The van der Waals surface area contributed by atoms with Gasteiger partial charge in [0.1, 0.15) is 11.6 Å². The second-order valence-electron chi connectivity index (χ2n) is 8.72. The predicted molar refractivity (Wildman–Crippen MR) is 155 cm³/mol. The van der Waals surface area contributed by atoms with E-state index in [0.717, 1.165) is 41.7 Å². The highest BCUT2D eigenvalue weighted by Crippen LogP contribution is 2.38. The molecular formula is C28H27Cl2N3O6S. The van der Waals surface area contributed by atoms with Gasteiger partial charge in [-0.25, -0.2) is 10.2 Å². The molecule has 0 saturated heterocycles. The monoisotopic (exact) mass is 603 g/mol. The van der Waals surface area contributed by atoms with Gasteiger partial charge in [-0.15, -0.1) is 11.3 Å². The lowest BCUT2D eigenvalue weighted by molar-refractivity contribution is -0.136. The van der Waals surface area contributed by atoms with Crippen molar-refractivity contribution in [3.05, 3.63) is 73.6 Å². The van der Waals surface area contributed by atoms with E-state index in [0.29, 0.717) is 37.7 Å². The Morgan fingerprint density at radius 3 is 2.60 bits per heavy atom. The van der Waals surface area contributed by atoms with Gasteiger partial charge in [0.2, 0.25) is 0 Å². The van der Waals surface area contributed by atoms with Crippen LogP contribution in [0.15, 0.2) is 41.5 Å². The number of hydrogen-bond donors (Lipinski definition) is 2. The normalized spacial score (nSPS) is 12.5. The summed E-state index contributed by atoms with van der Waals surface area (Å²) in [6, 6.07) is 10.2. The van der Waals surface area contributed by atoms with Crippen molar-refractivity contribution in [3.8, 4) is 11.5 Å². The Morgan fingerprint density at radius 1 is 1.05 bits per heavy atom. The van der Waals surface area contributed by atoms with Crippen LogP contribution in [0.3, 0.4) is 0 Å². The summed E-state index contributed by atoms with van der Waals surface area (Å²) in [5.41, 5.74) is 4.78. The average molecular weight is 605 g/mol. The second-order valence-corrected chi connectivity index (χ2v) is 10.7. The molecule has 1 aliphatic carbocycles. The van der Waals surface area contributed by atoms with Crippen molar-refractivity contribution in [1.82, 2.24) is 5.43 Å². The van der Waals surface area contributed by atoms with E-state index in [1.807, 2.05) is 0 Å². The van der Waals surface area contributed by atoms with Gasteiger partial charge in [-0.3, -0.25) is 9.59 Å². The maximum atomic E-state index is 12.6. The number of amides is 2. The number of ether oxygens (including phenoxy) is 3. The number of nitrogens with one attached hydrogen (secondary N) is 2. The fourth-order valence-electron chi connectivity index (χ4n) is 4.13. The van der Waals surface area contributed by atoms with E-state index in [9.17, 15) is 14.4 Å². The topological polar surface area (TPSA) is 115 Å². The Bertz CT molecular complexity index is 1460. The lowest BCUT2D eigenvalue weighted by Crippen LogP contribution is -2.32. The van der Waals surface area contributed by atoms with Crippen molar-refractivity contribution in [2.45, 2.75) is 39.2 Å². The zero-order valence-electron chi connectivity index (χ0n) is 21.8. The number of halogens is 2. The third-order valence-electron chi connectivity index (χ3n) is 6.05. The molecule has 2 aromatic carbocycles. The largest absolute Gasteiger partial charge is 0.493 e. The number of hydrazone groups is 1. The molecule has 0 atom stereocenters. The van der Waals surface area contributed by atoms with Gasteiger partial charge < -0.3 is 19.5 Å². The van der Waals surface area contributed by atoms with Crippen LogP contribution < -0.4 is 20.2 Å². The minimum absolute atomic E-state index is 0.204. The van der Waals surface area contributed by atoms with Gasteiger partial charge >= 0.3 is 17.8 Å². The van der Waals surface area contributed by atoms with E-state index in [1.165, 1.54) is 24.7 Å². The Hall–Kier alpha value is -3.60. The second kappa shape index (κ2) is 13.6. The lowest BCUT2D eigenvalue weighted by Gasteiger charge is -2.12. The van der Waals surface area contributed by atoms with Crippen molar-refractivity contribution in [3.63, 3.8) is 0 Å². The van der Waals surface area contributed by atoms with Crippen LogP contribution in [0.1, 0.15) is 51.7 Å². The quantitative estimate of drug-likeness (QED) is 0.138. The number of esters is 1. The summed E-state index contributed by atoms with van der Waals surface area (Å²) in [6.07, 6.45) is 4.87. The molecule has 3 aromatic rings. The number of aryl methyl sites for hydroxylation is 1. The first kappa shape index (κ1) is 29.4. The van der Waals surface area contributed by atoms with E-state index in [1.54, 1.807) is 43.3 Å². The van der Waals surface area contributed by atoms with Gasteiger partial charge in [0, 0.05) is 20.5 Å². The molecule has 9 nitrogen and oxygen atoms in total. The number of benzene rings is 2. The first-order chi connectivity index (χ1) is 19.3. The van der Waals surface area contributed by atoms with E-state index >= 15 is 0 Å². The summed E-state index contributed by atoms with van der Waals surface area (Å²) in [7, 11) is 1.50. The minimum Gasteiger partial charge on any atom is -0.493 e. The molecule has 40 heavy (non-hydrogen) atoms. The van der Waals surface area contributed by atoms with Gasteiger partial charge in [0.25, 0.3) is 0 Å². The zero-order chi connectivity index (χ0) is 28.6. The number of carbonyl (C=O) groups excluding carboxylic acids is 3. The summed E-state index contributed by atoms with van der Waals surface area (Å²) in [6.45, 7) is 2.13. The molecule has 0 spiro atoms. The van der Waals surface area contributed by atoms with Gasteiger partial charge in [0.15, 0.2) is 11.5 Å². The predicted octanol–water partition coefficient (Wildman–Crippen LogP) is 5.79. The molecule has 0 saturated carbocycles. The number of rotatable bonds is 9. The summed E-state index contributed by atoms with van der Waals surface area (Å²) in [5, 5.41) is 7.77. The fraction of sp³-hybridized carbons (Fsp3) is 0.286. The molecule has 210 valence electrons. The minimum atomic E-state index is -0.982. The number of methoxy groups -OCH3 is 1. The summed E-state index contributed by atoms with van der Waals surface area (Å²) < 4.78 is 16.4. The first-order valence-electron chi connectivity index (χ1n) is 12.5. The van der Waals surface area contributed by atoms with E-state index in [2.05, 4.69) is 15.8 Å². The van der Waals surface area contributed by atoms with Crippen LogP contribution in [-0.4, -0.2) is 37.7 Å². The van der Waals surface area contributed by atoms with Crippen LogP contribution in [0.5, 0.6) is 11.5 Å². The number of fused-ring (bicyclic) bond motifs is 1. The van der Waals surface area contributed by atoms with Gasteiger partial charge in [-0.05, 0) is 74.1 Å². The standard InChI is InChI=1S/C28H27Cl2N3O6S/c1-3-38-28(36)24-19-6-4-5-7-23(19)40-27(24)32-25(34)26(35)33-31-14-16-8-11-21(22(12-16)37-2)39-15-17-9-10-18(29)13-20(17)30/h8-14H,3-7,15H2,1-2H3,(H,32,34)(H,33,35)/b31-14+. The number of carbonyl (C=O) groups is 3. The van der Waals surface area contributed by atoms with Crippen LogP contribution in [0.4, 0.5) is 5.00 Å². The molecule has 1 aliphatic rings. The highest BCUT2D eigenvalue weighted by Gasteiger charge is 2.28. The third kappa shape index (κ3) is 7.12. The van der Waals surface area contributed by atoms with Gasteiger partial charge in [-0.2, -0.15) is 5.10 Å². The molecule has 0 fully saturated rings. The fourth-order valence-corrected chi connectivity index (χ4v) is 5.86. The van der Waals surface area contributed by atoms with Crippen molar-refractivity contribution in [1.29, 1.82) is 0 Å². The van der Waals surface area contributed by atoms with Crippen LogP contribution in [0.25, 0.3) is 0 Å². The van der Waals surface area contributed by atoms with Crippen molar-refractivity contribution >= 4 is 63.5 Å². The number of thiophene rings is 1. The van der Waals surface area contributed by atoms with Crippen LogP contribution in [-0.2, 0) is 33.8 Å². The maximum Gasteiger partial charge on any atom is 0.341 e. The molecule has 12 heteroatoms. The van der Waals surface area contributed by atoms with Crippen LogP contribution in [0, 0.1) is 0 Å². The van der Waals surface area contributed by atoms with Crippen molar-refractivity contribution in [2.75, 3.05) is 19.0 Å². The molecule has 1 heterocycles. The van der Waals surface area contributed by atoms with Crippen LogP contribution in [0.2, 0.25) is 10.0 Å². The van der Waals surface area contributed by atoms with E-state index < -0.39 is 17.8 Å². The Balaban J connectivity index is 1.37. The van der Waals surface area contributed by atoms with Gasteiger partial charge in [-0.1, -0.05) is 29.3 Å². The average Bonchev–Trinajstić information content (AvgIpc) is 3.30. The van der Waals surface area contributed by atoms with E-state index in [4.69, 9.17) is 37.4 Å². The smallest absolute Gasteiger partial charge is 0.341 e.